The molecule has 0 radical (unpaired) electrons. The molecule has 1 aliphatic heterocycles. The predicted molar refractivity (Wildman–Crippen MR) is 118 cm³/mol. The van der Waals surface area contributed by atoms with Crippen molar-refractivity contribution >= 4 is 17.6 Å². The highest BCUT2D eigenvalue weighted by molar-refractivity contribution is 5.95. The average Bonchev–Trinajstić information content (AvgIpc) is 3.26. The largest absolute Gasteiger partial charge is 0.478 e. The van der Waals surface area contributed by atoms with Gasteiger partial charge in [0.25, 0.3) is 0 Å². The molecule has 3 atom stereocenters. The lowest BCUT2D eigenvalue weighted by molar-refractivity contribution is -0.137. The van der Waals surface area contributed by atoms with E-state index in [0.29, 0.717) is 28.9 Å². The number of carbonyl (C=O) groups excluding carboxylic acids is 1. The summed E-state index contributed by atoms with van der Waals surface area (Å²) in [6.45, 7) is 5.41. The van der Waals surface area contributed by atoms with Crippen LogP contribution in [0.15, 0.2) is 48.7 Å². The van der Waals surface area contributed by atoms with Gasteiger partial charge in [-0.15, -0.1) is 5.10 Å². The Morgan fingerprint density at radius 2 is 1.79 bits per heavy atom. The van der Waals surface area contributed by atoms with Gasteiger partial charge in [0.1, 0.15) is 5.69 Å². The fourth-order valence-corrected chi connectivity index (χ4v) is 4.77. The van der Waals surface area contributed by atoms with Crippen LogP contribution in [0.25, 0.3) is 11.3 Å². The minimum absolute atomic E-state index is 0.0810. The summed E-state index contributed by atoms with van der Waals surface area (Å²) in [6.07, 6.45) is -2.13. The van der Waals surface area contributed by atoms with Gasteiger partial charge in [0.2, 0.25) is 5.91 Å². The average molecular weight is 472 g/mol. The quantitative estimate of drug-likeness (QED) is 0.575. The molecule has 2 aromatic carbocycles. The van der Waals surface area contributed by atoms with E-state index in [1.54, 1.807) is 27.9 Å². The summed E-state index contributed by atoms with van der Waals surface area (Å²) >= 11 is 0. The number of alkyl halides is 3. The highest BCUT2D eigenvalue weighted by Gasteiger charge is 2.41. The Morgan fingerprint density at radius 1 is 1.12 bits per heavy atom. The zero-order chi connectivity index (χ0) is 24.8. The van der Waals surface area contributed by atoms with Gasteiger partial charge in [-0.1, -0.05) is 31.2 Å². The predicted octanol–water partition coefficient (Wildman–Crippen LogP) is 5.03. The van der Waals surface area contributed by atoms with E-state index in [-0.39, 0.29) is 23.4 Å². The molecule has 1 amide bonds. The molecule has 1 N–H and O–H groups in total. The van der Waals surface area contributed by atoms with Crippen LogP contribution in [0, 0.1) is 5.92 Å². The van der Waals surface area contributed by atoms with Gasteiger partial charge in [-0.3, -0.25) is 4.79 Å². The van der Waals surface area contributed by atoms with E-state index in [9.17, 15) is 27.9 Å². The van der Waals surface area contributed by atoms with Crippen LogP contribution < -0.4 is 4.90 Å². The Balaban J connectivity index is 1.80. The first-order chi connectivity index (χ1) is 16.0. The van der Waals surface area contributed by atoms with Gasteiger partial charge in [-0.05, 0) is 36.8 Å². The van der Waals surface area contributed by atoms with E-state index in [4.69, 9.17) is 0 Å². The molecule has 4 rings (SSSR count). The molecule has 10 heteroatoms. The number of aromatic carboxylic acids is 1. The third-order valence-electron chi connectivity index (χ3n) is 6.35. The van der Waals surface area contributed by atoms with Gasteiger partial charge in [-0.2, -0.15) is 13.2 Å². The molecule has 0 saturated heterocycles. The second-order valence-corrected chi connectivity index (χ2v) is 8.41. The number of carbonyl (C=O) groups is 2. The molecule has 1 aliphatic rings. The first kappa shape index (κ1) is 23.5. The fourth-order valence-electron chi connectivity index (χ4n) is 4.77. The topological polar surface area (TPSA) is 88.3 Å². The van der Waals surface area contributed by atoms with Crippen LogP contribution in [0.1, 0.15) is 54.7 Å². The summed E-state index contributed by atoms with van der Waals surface area (Å²) in [6, 6.07) is 8.71. The monoisotopic (exact) mass is 472 g/mol. The van der Waals surface area contributed by atoms with Crippen LogP contribution >= 0.6 is 0 Å². The number of halogens is 3. The van der Waals surface area contributed by atoms with Gasteiger partial charge < -0.3 is 10.0 Å². The van der Waals surface area contributed by atoms with Crippen LogP contribution in [-0.4, -0.2) is 38.0 Å². The van der Waals surface area contributed by atoms with Crippen molar-refractivity contribution in [1.29, 1.82) is 0 Å². The van der Waals surface area contributed by atoms with Crippen LogP contribution in [0.5, 0.6) is 0 Å². The second kappa shape index (κ2) is 8.58. The molecule has 0 aliphatic carbocycles. The number of hydrogen-bond acceptors (Lipinski definition) is 4. The molecular weight excluding hydrogens is 449 g/mol. The zero-order valence-corrected chi connectivity index (χ0v) is 18.7. The number of amides is 1. The lowest BCUT2D eigenvalue weighted by Crippen LogP contribution is -2.49. The van der Waals surface area contributed by atoms with E-state index in [1.807, 2.05) is 13.8 Å². The van der Waals surface area contributed by atoms with Crippen molar-refractivity contribution in [3.05, 3.63) is 65.4 Å². The van der Waals surface area contributed by atoms with Crippen LogP contribution in [0.4, 0.5) is 18.9 Å². The lowest BCUT2D eigenvalue weighted by atomic mass is 9.80. The van der Waals surface area contributed by atoms with E-state index in [0.717, 1.165) is 12.1 Å². The first-order valence-electron chi connectivity index (χ1n) is 10.8. The van der Waals surface area contributed by atoms with Crippen molar-refractivity contribution in [2.45, 2.75) is 45.5 Å². The van der Waals surface area contributed by atoms with Crippen molar-refractivity contribution in [3.63, 3.8) is 0 Å². The summed E-state index contributed by atoms with van der Waals surface area (Å²) in [5.41, 5.74) is 1.42. The van der Waals surface area contributed by atoms with Gasteiger partial charge in [0.15, 0.2) is 0 Å². The number of rotatable bonds is 4. The summed E-state index contributed by atoms with van der Waals surface area (Å²) < 4.78 is 40.3. The number of anilines is 1. The minimum Gasteiger partial charge on any atom is -0.478 e. The molecular formula is C24H23F3N4O3. The molecule has 2 heterocycles. The molecule has 7 nitrogen and oxygen atoms in total. The number of nitrogens with zero attached hydrogens (tertiary/aromatic N) is 4. The summed E-state index contributed by atoms with van der Waals surface area (Å²) in [4.78, 5) is 25.8. The summed E-state index contributed by atoms with van der Waals surface area (Å²) in [5, 5.41) is 17.9. The van der Waals surface area contributed by atoms with Gasteiger partial charge in [0.05, 0.1) is 23.4 Å². The van der Waals surface area contributed by atoms with Crippen molar-refractivity contribution in [1.82, 2.24) is 15.0 Å². The molecule has 0 fully saturated rings. The van der Waals surface area contributed by atoms with Crippen molar-refractivity contribution in [2.75, 3.05) is 4.90 Å². The Kier molecular flexibility index (Phi) is 5.93. The number of aromatic nitrogens is 3. The maximum Gasteiger partial charge on any atom is 0.416 e. The van der Waals surface area contributed by atoms with Crippen molar-refractivity contribution < 1.29 is 27.9 Å². The Bertz CT molecular complexity index is 1240. The summed E-state index contributed by atoms with van der Waals surface area (Å²) in [7, 11) is 0. The normalized spacial score (nSPS) is 20.2. The van der Waals surface area contributed by atoms with Gasteiger partial charge >= 0.3 is 12.1 Å². The molecule has 2 unspecified atom stereocenters. The molecule has 0 spiro atoms. The lowest BCUT2D eigenvalue weighted by Gasteiger charge is -2.44. The number of hydrogen-bond donors (Lipinski definition) is 1. The van der Waals surface area contributed by atoms with Crippen LogP contribution in [-0.2, 0) is 11.0 Å². The van der Waals surface area contributed by atoms with E-state index < -0.39 is 23.8 Å². The standard InChI is InChI=1S/C24H23F3N4O3/c1-4-20-13(2)22(18-11-16(23(33)34)7-10-21(18)31(20)14(3)32)30-12-19(28-29-30)15-5-8-17(9-6-15)24(25,26)27/h5-13,20,22H,4H2,1-3H3,(H,33,34)/t13?,20?,22-/m0/s1. The Morgan fingerprint density at radius 3 is 2.35 bits per heavy atom. The SMILES string of the molecule is CCC1C(C)[C@H](n2cc(-c3ccc(C(F)(F)F)cc3)nn2)c2cc(C(=O)O)ccc2N1C(C)=O. The minimum atomic E-state index is -4.43. The molecule has 3 aromatic rings. The second-order valence-electron chi connectivity index (χ2n) is 8.41. The number of fused-ring (bicyclic) bond motifs is 1. The smallest absolute Gasteiger partial charge is 0.416 e. The highest BCUT2D eigenvalue weighted by Crippen LogP contribution is 2.44. The maximum atomic E-state index is 12.9. The third-order valence-corrected chi connectivity index (χ3v) is 6.35. The number of carboxylic acid groups (broad SMARTS) is 1. The fraction of sp³-hybridized carbons (Fsp3) is 0.333. The van der Waals surface area contributed by atoms with Gasteiger partial charge in [0, 0.05) is 35.7 Å². The van der Waals surface area contributed by atoms with E-state index in [2.05, 4.69) is 10.3 Å². The molecule has 34 heavy (non-hydrogen) atoms. The molecule has 178 valence electrons. The Labute approximate surface area is 193 Å². The summed E-state index contributed by atoms with van der Waals surface area (Å²) in [5.74, 6) is -1.39. The third kappa shape index (κ3) is 4.04. The molecule has 1 aromatic heterocycles. The molecule has 0 bridgehead atoms. The maximum absolute atomic E-state index is 12.9. The van der Waals surface area contributed by atoms with Crippen molar-refractivity contribution in [2.24, 2.45) is 5.92 Å². The zero-order valence-electron chi connectivity index (χ0n) is 18.7. The van der Waals surface area contributed by atoms with E-state index >= 15 is 0 Å². The highest BCUT2D eigenvalue weighted by atomic mass is 19.4. The van der Waals surface area contributed by atoms with Crippen LogP contribution in [0.2, 0.25) is 0 Å². The number of carboxylic acids is 1. The van der Waals surface area contributed by atoms with Crippen molar-refractivity contribution in [3.8, 4) is 11.3 Å². The first-order valence-corrected chi connectivity index (χ1v) is 10.8. The Hall–Kier alpha value is -3.69. The molecule has 0 saturated carbocycles. The van der Waals surface area contributed by atoms with E-state index in [1.165, 1.54) is 25.1 Å². The number of benzene rings is 2. The van der Waals surface area contributed by atoms with Crippen LogP contribution in [0.3, 0.4) is 0 Å². The van der Waals surface area contributed by atoms with Gasteiger partial charge in [-0.25, -0.2) is 9.48 Å².